The van der Waals surface area contributed by atoms with Gasteiger partial charge in [0, 0.05) is 12.3 Å². The second-order valence-corrected chi connectivity index (χ2v) is 10.3. The number of allylic oxidation sites excluding steroid dienone is 3. The van der Waals surface area contributed by atoms with Gasteiger partial charge >= 0.3 is 11.9 Å². The van der Waals surface area contributed by atoms with E-state index >= 15 is 0 Å². The van der Waals surface area contributed by atoms with Crippen molar-refractivity contribution in [2.75, 3.05) is 14.2 Å². The van der Waals surface area contributed by atoms with Gasteiger partial charge in [-0.3, -0.25) is 9.59 Å². The first-order valence-electron chi connectivity index (χ1n) is 10.5. The number of esters is 2. The van der Waals surface area contributed by atoms with Crippen LogP contribution in [0, 0.1) is 18.3 Å². The highest BCUT2D eigenvalue weighted by Crippen LogP contribution is 2.52. The second kappa shape index (κ2) is 9.35. The molecule has 1 atom stereocenters. The minimum absolute atomic E-state index is 0.00117. The largest absolute Gasteiger partial charge is 0.468 e. The van der Waals surface area contributed by atoms with Gasteiger partial charge in [0.15, 0.2) is 5.41 Å². The standard InChI is InChI=1S/C26H28O6S/c1-17(2)21-15-26(24(27)31-4,25(28)32-5)16-22(23(21)19-9-7-6-8-10-19)33(29,30)20-13-11-18(3)12-14-20/h6-14,21H,1,15-16H2,2-5H3. The molecule has 0 N–H and O–H groups in total. The molecule has 0 amide bonds. The molecule has 0 saturated carbocycles. The SMILES string of the molecule is C=C(C)C1CC(C(=O)OC)(C(=O)OC)CC(S(=O)(=O)c2ccc(C)cc2)=C1c1ccccc1. The summed E-state index contributed by atoms with van der Waals surface area (Å²) in [5.41, 5.74) is 0.959. The molecule has 3 rings (SSSR count). The molecule has 2 aromatic rings. The summed E-state index contributed by atoms with van der Waals surface area (Å²) in [5, 5.41) is 0. The summed E-state index contributed by atoms with van der Waals surface area (Å²) in [6.45, 7) is 7.68. The molecule has 0 fully saturated rings. The van der Waals surface area contributed by atoms with Crippen LogP contribution in [0.5, 0.6) is 0 Å². The average Bonchev–Trinajstić information content (AvgIpc) is 2.82. The molecule has 1 aliphatic carbocycles. The molecular weight excluding hydrogens is 440 g/mol. The lowest BCUT2D eigenvalue weighted by Crippen LogP contribution is -2.46. The van der Waals surface area contributed by atoms with Gasteiger partial charge in [-0.25, -0.2) is 8.42 Å². The van der Waals surface area contributed by atoms with Gasteiger partial charge in [0.25, 0.3) is 0 Å². The molecule has 1 unspecified atom stereocenters. The summed E-state index contributed by atoms with van der Waals surface area (Å²) < 4.78 is 37.9. The van der Waals surface area contributed by atoms with Crippen LogP contribution in [0.25, 0.3) is 5.57 Å². The van der Waals surface area contributed by atoms with Crippen molar-refractivity contribution >= 4 is 27.3 Å². The van der Waals surface area contributed by atoms with E-state index < -0.39 is 33.1 Å². The van der Waals surface area contributed by atoms with E-state index in [2.05, 4.69) is 6.58 Å². The first kappa shape index (κ1) is 24.5. The molecule has 6 nitrogen and oxygen atoms in total. The van der Waals surface area contributed by atoms with E-state index in [0.29, 0.717) is 16.7 Å². The van der Waals surface area contributed by atoms with E-state index in [-0.39, 0.29) is 22.6 Å². The van der Waals surface area contributed by atoms with Crippen molar-refractivity contribution in [3.05, 3.63) is 82.8 Å². The molecule has 0 aromatic heterocycles. The maximum absolute atomic E-state index is 14.0. The average molecular weight is 469 g/mol. The number of carbonyl (C=O) groups is 2. The van der Waals surface area contributed by atoms with Gasteiger partial charge in [-0.05, 0) is 43.5 Å². The van der Waals surface area contributed by atoms with E-state index in [1.54, 1.807) is 19.1 Å². The van der Waals surface area contributed by atoms with Crippen LogP contribution >= 0.6 is 0 Å². The number of aryl methyl sites for hydroxylation is 1. The maximum atomic E-state index is 14.0. The number of sulfone groups is 1. The highest BCUT2D eigenvalue weighted by molar-refractivity contribution is 7.95. The Morgan fingerprint density at radius 2 is 1.52 bits per heavy atom. The number of ether oxygens (including phenoxy) is 2. The van der Waals surface area contributed by atoms with Crippen LogP contribution in [0.15, 0.2) is 76.5 Å². The number of methoxy groups -OCH3 is 2. The van der Waals surface area contributed by atoms with Crippen LogP contribution in [0.2, 0.25) is 0 Å². The van der Waals surface area contributed by atoms with E-state index in [0.717, 1.165) is 5.56 Å². The zero-order valence-electron chi connectivity index (χ0n) is 19.3. The Labute approximate surface area is 194 Å². The molecule has 33 heavy (non-hydrogen) atoms. The molecule has 1 aliphatic rings. The molecule has 174 valence electrons. The predicted molar refractivity (Wildman–Crippen MR) is 126 cm³/mol. The quantitative estimate of drug-likeness (QED) is 0.353. The van der Waals surface area contributed by atoms with Crippen molar-refractivity contribution in [3.63, 3.8) is 0 Å². The van der Waals surface area contributed by atoms with Gasteiger partial charge in [-0.15, -0.1) is 0 Å². The van der Waals surface area contributed by atoms with Gasteiger partial charge < -0.3 is 9.47 Å². The third-order valence-corrected chi connectivity index (χ3v) is 8.06. The van der Waals surface area contributed by atoms with Gasteiger partial charge in [0.1, 0.15) is 0 Å². The molecule has 0 bridgehead atoms. The van der Waals surface area contributed by atoms with Gasteiger partial charge in [-0.1, -0.05) is 60.2 Å². The van der Waals surface area contributed by atoms with Gasteiger partial charge in [-0.2, -0.15) is 0 Å². The molecule has 0 saturated heterocycles. The smallest absolute Gasteiger partial charge is 0.323 e. The van der Waals surface area contributed by atoms with Crippen LogP contribution in [-0.2, 0) is 28.9 Å². The van der Waals surface area contributed by atoms with Crippen LogP contribution in [-0.4, -0.2) is 34.6 Å². The Kier molecular flexibility index (Phi) is 6.93. The molecular formula is C26H28O6S. The summed E-state index contributed by atoms with van der Waals surface area (Å²) >= 11 is 0. The number of hydrogen-bond donors (Lipinski definition) is 0. The van der Waals surface area contributed by atoms with E-state index in [4.69, 9.17) is 9.47 Å². The number of benzene rings is 2. The molecule has 0 aliphatic heterocycles. The third-order valence-electron chi connectivity index (χ3n) is 6.15. The van der Waals surface area contributed by atoms with Crippen LogP contribution < -0.4 is 0 Å². The Bertz CT molecular complexity index is 1190. The fourth-order valence-electron chi connectivity index (χ4n) is 4.37. The normalized spacial score (nSPS) is 17.9. The summed E-state index contributed by atoms with van der Waals surface area (Å²) in [4.78, 5) is 26.0. The zero-order valence-corrected chi connectivity index (χ0v) is 20.1. The number of carbonyl (C=O) groups excluding carboxylic acids is 2. The van der Waals surface area contributed by atoms with Crippen molar-refractivity contribution in [1.29, 1.82) is 0 Å². The highest BCUT2D eigenvalue weighted by Gasteiger charge is 2.55. The predicted octanol–water partition coefficient (Wildman–Crippen LogP) is 4.50. The highest BCUT2D eigenvalue weighted by atomic mass is 32.2. The Morgan fingerprint density at radius 1 is 0.970 bits per heavy atom. The summed E-state index contributed by atoms with van der Waals surface area (Å²) in [6, 6.07) is 15.6. The first-order chi connectivity index (χ1) is 15.6. The lowest BCUT2D eigenvalue weighted by Gasteiger charge is -2.39. The first-order valence-corrected chi connectivity index (χ1v) is 12.0. The van der Waals surface area contributed by atoms with Crippen LogP contribution in [0.1, 0.15) is 30.9 Å². The van der Waals surface area contributed by atoms with Crippen molar-refractivity contribution in [2.45, 2.75) is 31.6 Å². The van der Waals surface area contributed by atoms with Crippen molar-refractivity contribution < 1.29 is 27.5 Å². The van der Waals surface area contributed by atoms with Crippen LogP contribution in [0.4, 0.5) is 0 Å². The Balaban J connectivity index is 2.40. The van der Waals surface area contributed by atoms with Crippen molar-refractivity contribution in [2.24, 2.45) is 11.3 Å². The molecule has 0 heterocycles. The van der Waals surface area contributed by atoms with Crippen molar-refractivity contribution in [3.8, 4) is 0 Å². The lowest BCUT2D eigenvalue weighted by molar-refractivity contribution is -0.170. The van der Waals surface area contributed by atoms with E-state index in [9.17, 15) is 18.0 Å². The van der Waals surface area contributed by atoms with Crippen molar-refractivity contribution in [1.82, 2.24) is 0 Å². The van der Waals surface area contributed by atoms with E-state index in [1.165, 1.54) is 26.4 Å². The molecule has 0 radical (unpaired) electrons. The van der Waals surface area contributed by atoms with E-state index in [1.807, 2.05) is 37.3 Å². The molecule has 0 spiro atoms. The summed E-state index contributed by atoms with van der Waals surface area (Å²) in [5.74, 6) is -2.25. The third kappa shape index (κ3) is 4.37. The fraction of sp³-hybridized carbons (Fsp3) is 0.308. The number of rotatable bonds is 6. The second-order valence-electron chi connectivity index (χ2n) is 8.36. The minimum atomic E-state index is -4.07. The monoisotopic (exact) mass is 468 g/mol. The summed E-state index contributed by atoms with van der Waals surface area (Å²) in [6.07, 6.45) is -0.366. The lowest BCUT2D eigenvalue weighted by atomic mass is 9.66. The van der Waals surface area contributed by atoms with Gasteiger partial charge in [0.05, 0.1) is 24.0 Å². The Hall–Kier alpha value is -3.19. The topological polar surface area (TPSA) is 86.7 Å². The maximum Gasteiger partial charge on any atom is 0.323 e. The van der Waals surface area contributed by atoms with Crippen LogP contribution in [0.3, 0.4) is 0 Å². The zero-order chi connectivity index (χ0) is 24.4. The fourth-order valence-corrected chi connectivity index (χ4v) is 6.14. The summed E-state index contributed by atoms with van der Waals surface area (Å²) in [7, 11) is -1.73. The number of hydrogen-bond acceptors (Lipinski definition) is 6. The minimum Gasteiger partial charge on any atom is -0.468 e. The molecule has 7 heteroatoms. The molecule has 2 aromatic carbocycles. The Morgan fingerprint density at radius 3 is 2.00 bits per heavy atom. The van der Waals surface area contributed by atoms with Gasteiger partial charge in [0.2, 0.25) is 9.84 Å².